The summed E-state index contributed by atoms with van der Waals surface area (Å²) in [6.45, 7) is 2.35. The molecule has 2 rings (SSSR count). The van der Waals surface area contributed by atoms with Crippen LogP contribution in [0.1, 0.15) is 6.92 Å². The molecule has 19 heavy (non-hydrogen) atoms. The maximum atomic E-state index is 12.1. The van der Waals surface area contributed by atoms with Gasteiger partial charge < -0.3 is 9.84 Å². The molecule has 0 aliphatic carbocycles. The quantitative estimate of drug-likeness (QED) is 0.839. The van der Waals surface area contributed by atoms with Crippen molar-refractivity contribution in [3.05, 3.63) is 41.0 Å². The van der Waals surface area contributed by atoms with Gasteiger partial charge in [-0.15, -0.1) is 0 Å². The SMILES string of the molecule is CCOc1ccc2ncn(/C=C/C(=O)O)c(=O)c2c1. The molecule has 0 radical (unpaired) electrons. The topological polar surface area (TPSA) is 81.4 Å². The van der Waals surface area contributed by atoms with Gasteiger partial charge in [0.05, 0.1) is 17.5 Å². The van der Waals surface area contributed by atoms with E-state index in [-0.39, 0.29) is 5.56 Å². The van der Waals surface area contributed by atoms with E-state index < -0.39 is 5.97 Å². The summed E-state index contributed by atoms with van der Waals surface area (Å²) in [6.07, 6.45) is 3.32. The van der Waals surface area contributed by atoms with E-state index in [1.165, 1.54) is 6.33 Å². The lowest BCUT2D eigenvalue weighted by molar-refractivity contribution is -0.131. The fourth-order valence-corrected chi connectivity index (χ4v) is 1.62. The molecule has 0 saturated carbocycles. The highest BCUT2D eigenvalue weighted by Crippen LogP contribution is 2.16. The molecule has 0 aliphatic rings. The molecule has 0 atom stereocenters. The van der Waals surface area contributed by atoms with Crippen LogP contribution in [-0.2, 0) is 4.79 Å². The second-order valence-corrected chi connectivity index (χ2v) is 3.72. The van der Waals surface area contributed by atoms with Gasteiger partial charge in [-0.05, 0) is 25.1 Å². The molecule has 1 N–H and O–H groups in total. The van der Waals surface area contributed by atoms with E-state index in [0.717, 1.165) is 16.8 Å². The van der Waals surface area contributed by atoms with Crippen LogP contribution in [0.25, 0.3) is 17.1 Å². The van der Waals surface area contributed by atoms with E-state index in [9.17, 15) is 9.59 Å². The number of ether oxygens (including phenoxy) is 1. The number of carboxylic acids is 1. The van der Waals surface area contributed by atoms with Crippen LogP contribution in [0.2, 0.25) is 0 Å². The summed E-state index contributed by atoms with van der Waals surface area (Å²) in [6, 6.07) is 5.02. The highest BCUT2D eigenvalue weighted by atomic mass is 16.5. The van der Waals surface area contributed by atoms with E-state index in [4.69, 9.17) is 9.84 Å². The summed E-state index contributed by atoms with van der Waals surface area (Å²) in [5.41, 5.74) is 0.192. The second-order valence-electron chi connectivity index (χ2n) is 3.72. The molecule has 2 aromatic rings. The molecule has 6 nitrogen and oxygen atoms in total. The number of aromatic nitrogens is 2. The van der Waals surface area contributed by atoms with Crippen LogP contribution >= 0.6 is 0 Å². The fraction of sp³-hybridized carbons (Fsp3) is 0.154. The van der Waals surface area contributed by atoms with Crippen molar-refractivity contribution >= 4 is 23.1 Å². The number of hydrogen-bond donors (Lipinski definition) is 1. The summed E-state index contributed by atoms with van der Waals surface area (Å²) in [4.78, 5) is 26.6. The number of benzene rings is 1. The molecular weight excluding hydrogens is 248 g/mol. The standard InChI is InChI=1S/C13H12N2O4/c1-2-19-9-3-4-11-10(7-9)13(18)15(8-14-11)6-5-12(16)17/h3-8H,2H2,1H3,(H,16,17)/b6-5+. The Labute approximate surface area is 108 Å². The van der Waals surface area contributed by atoms with E-state index in [1.54, 1.807) is 18.2 Å². The molecule has 0 unspecified atom stereocenters. The normalized spacial score (nSPS) is 11.0. The minimum atomic E-state index is -1.13. The van der Waals surface area contributed by atoms with Gasteiger partial charge in [0.15, 0.2) is 0 Å². The van der Waals surface area contributed by atoms with Gasteiger partial charge in [0.25, 0.3) is 5.56 Å². The first-order valence-corrected chi connectivity index (χ1v) is 5.66. The fourth-order valence-electron chi connectivity index (χ4n) is 1.62. The van der Waals surface area contributed by atoms with Crippen LogP contribution in [0, 0.1) is 0 Å². The predicted molar refractivity (Wildman–Crippen MR) is 70.1 cm³/mol. The van der Waals surface area contributed by atoms with Crippen molar-refractivity contribution in [1.82, 2.24) is 9.55 Å². The Bertz CT molecular complexity index is 703. The molecule has 0 bridgehead atoms. The Hall–Kier alpha value is -2.63. The molecule has 1 aromatic carbocycles. The van der Waals surface area contributed by atoms with Crippen molar-refractivity contribution in [1.29, 1.82) is 0 Å². The summed E-state index contributed by atoms with van der Waals surface area (Å²) < 4.78 is 6.44. The molecular formula is C13H12N2O4. The molecule has 0 amide bonds. The average Bonchev–Trinajstić information content (AvgIpc) is 2.39. The number of carbonyl (C=O) groups is 1. The summed E-state index contributed by atoms with van der Waals surface area (Å²) in [5, 5.41) is 8.93. The first-order valence-electron chi connectivity index (χ1n) is 5.66. The maximum Gasteiger partial charge on any atom is 0.329 e. The van der Waals surface area contributed by atoms with Gasteiger partial charge >= 0.3 is 5.97 Å². The first kappa shape index (κ1) is 12.8. The largest absolute Gasteiger partial charge is 0.494 e. The Morgan fingerprint density at radius 1 is 1.53 bits per heavy atom. The molecule has 0 spiro atoms. The molecule has 0 fully saturated rings. The minimum Gasteiger partial charge on any atom is -0.494 e. The Kier molecular flexibility index (Phi) is 3.61. The molecule has 6 heteroatoms. The van der Waals surface area contributed by atoms with Gasteiger partial charge in [0, 0.05) is 12.3 Å². The van der Waals surface area contributed by atoms with E-state index in [1.807, 2.05) is 6.92 Å². The Morgan fingerprint density at radius 3 is 3.00 bits per heavy atom. The zero-order chi connectivity index (χ0) is 13.8. The summed E-state index contributed by atoms with van der Waals surface area (Å²) in [5.74, 6) is -0.552. The van der Waals surface area contributed by atoms with Crippen LogP contribution in [0.3, 0.4) is 0 Å². The van der Waals surface area contributed by atoms with Crippen molar-refractivity contribution in [2.24, 2.45) is 0 Å². The average molecular weight is 260 g/mol. The number of fused-ring (bicyclic) bond motifs is 1. The Balaban J connectivity index is 2.55. The van der Waals surface area contributed by atoms with Crippen molar-refractivity contribution < 1.29 is 14.6 Å². The number of aliphatic carboxylic acids is 1. The Morgan fingerprint density at radius 2 is 2.32 bits per heavy atom. The smallest absolute Gasteiger partial charge is 0.329 e. The van der Waals surface area contributed by atoms with Crippen molar-refractivity contribution in [2.45, 2.75) is 6.92 Å². The maximum absolute atomic E-state index is 12.1. The summed E-state index contributed by atoms with van der Waals surface area (Å²) in [7, 11) is 0. The van der Waals surface area contributed by atoms with Crippen molar-refractivity contribution in [3.63, 3.8) is 0 Å². The lowest BCUT2D eigenvalue weighted by Gasteiger charge is -2.05. The third-order valence-electron chi connectivity index (χ3n) is 2.44. The molecule has 98 valence electrons. The summed E-state index contributed by atoms with van der Waals surface area (Å²) >= 11 is 0. The molecule has 0 aliphatic heterocycles. The van der Waals surface area contributed by atoms with E-state index in [2.05, 4.69) is 4.98 Å². The monoisotopic (exact) mass is 260 g/mol. The van der Waals surface area contributed by atoms with Gasteiger partial charge in [-0.2, -0.15) is 0 Å². The van der Waals surface area contributed by atoms with Crippen LogP contribution in [0.5, 0.6) is 5.75 Å². The van der Waals surface area contributed by atoms with Gasteiger partial charge in [-0.25, -0.2) is 9.78 Å². The highest BCUT2D eigenvalue weighted by molar-refractivity contribution is 5.83. The molecule has 0 saturated heterocycles. The van der Waals surface area contributed by atoms with Crippen LogP contribution in [0.4, 0.5) is 0 Å². The number of carboxylic acid groups (broad SMARTS) is 1. The minimum absolute atomic E-state index is 0.343. The van der Waals surface area contributed by atoms with Crippen LogP contribution < -0.4 is 10.3 Å². The van der Waals surface area contributed by atoms with Crippen LogP contribution in [-0.4, -0.2) is 27.2 Å². The van der Waals surface area contributed by atoms with Gasteiger partial charge in [0.2, 0.25) is 0 Å². The van der Waals surface area contributed by atoms with Crippen molar-refractivity contribution in [2.75, 3.05) is 6.61 Å². The van der Waals surface area contributed by atoms with E-state index >= 15 is 0 Å². The lowest BCUT2D eigenvalue weighted by atomic mass is 10.2. The number of hydrogen-bond acceptors (Lipinski definition) is 4. The van der Waals surface area contributed by atoms with Gasteiger partial charge in [-0.3, -0.25) is 9.36 Å². The predicted octanol–water partition coefficient (Wildman–Crippen LogP) is 1.35. The molecule has 1 aromatic heterocycles. The van der Waals surface area contributed by atoms with E-state index in [0.29, 0.717) is 23.3 Å². The van der Waals surface area contributed by atoms with Gasteiger partial charge in [0.1, 0.15) is 12.1 Å². The third-order valence-corrected chi connectivity index (χ3v) is 2.44. The van der Waals surface area contributed by atoms with Crippen LogP contribution in [0.15, 0.2) is 35.4 Å². The lowest BCUT2D eigenvalue weighted by Crippen LogP contribution is -2.16. The van der Waals surface area contributed by atoms with Crippen molar-refractivity contribution in [3.8, 4) is 5.75 Å². The number of nitrogens with zero attached hydrogens (tertiary/aromatic N) is 2. The first-order chi connectivity index (χ1) is 9.11. The zero-order valence-electron chi connectivity index (χ0n) is 10.2. The number of rotatable bonds is 4. The zero-order valence-corrected chi connectivity index (χ0v) is 10.2. The van der Waals surface area contributed by atoms with Gasteiger partial charge in [-0.1, -0.05) is 0 Å². The second kappa shape index (κ2) is 5.34. The highest BCUT2D eigenvalue weighted by Gasteiger charge is 2.04. The molecule has 1 heterocycles. The third kappa shape index (κ3) is 2.79.